The third-order valence-electron chi connectivity index (χ3n) is 6.07. The number of carbonyl (C=O) groups is 2. The first-order valence-corrected chi connectivity index (χ1v) is 10.8. The lowest BCUT2D eigenvalue weighted by molar-refractivity contribution is -0.127. The summed E-state index contributed by atoms with van der Waals surface area (Å²) >= 11 is 0. The number of nitrogens with zero attached hydrogens (tertiary/aromatic N) is 1. The summed E-state index contributed by atoms with van der Waals surface area (Å²) in [5.41, 5.74) is 1.72. The molecule has 1 fully saturated rings. The van der Waals surface area contributed by atoms with Gasteiger partial charge in [0.2, 0.25) is 5.91 Å². The maximum atomic E-state index is 13.4. The van der Waals surface area contributed by atoms with Gasteiger partial charge in [0.1, 0.15) is 5.75 Å². The van der Waals surface area contributed by atoms with Crippen molar-refractivity contribution in [2.24, 2.45) is 5.92 Å². The molecule has 0 aliphatic carbocycles. The number of fused-ring (bicyclic) bond motifs is 1. The van der Waals surface area contributed by atoms with Gasteiger partial charge < -0.3 is 15.0 Å². The Morgan fingerprint density at radius 2 is 1.71 bits per heavy atom. The number of hydrogen-bond acceptors (Lipinski definition) is 3. The molecule has 1 heterocycles. The van der Waals surface area contributed by atoms with Gasteiger partial charge in [0, 0.05) is 24.0 Å². The van der Waals surface area contributed by atoms with E-state index in [2.05, 4.69) is 5.32 Å². The molecule has 0 saturated carbocycles. The fraction of sp³-hybridized carbons (Fsp3) is 0.308. The van der Waals surface area contributed by atoms with Crippen molar-refractivity contribution in [3.05, 3.63) is 77.9 Å². The predicted octanol–water partition coefficient (Wildman–Crippen LogP) is 4.58. The van der Waals surface area contributed by atoms with Gasteiger partial charge in [-0.1, -0.05) is 54.6 Å². The van der Waals surface area contributed by atoms with Gasteiger partial charge in [-0.3, -0.25) is 9.59 Å². The number of benzene rings is 3. The van der Waals surface area contributed by atoms with E-state index in [1.807, 2.05) is 78.6 Å². The highest BCUT2D eigenvalue weighted by atomic mass is 16.5. The predicted molar refractivity (Wildman–Crippen MR) is 122 cm³/mol. The van der Waals surface area contributed by atoms with Crippen LogP contribution >= 0.6 is 0 Å². The molecule has 1 aliphatic heterocycles. The van der Waals surface area contributed by atoms with Crippen LogP contribution in [0.25, 0.3) is 10.8 Å². The fourth-order valence-electron chi connectivity index (χ4n) is 4.34. The first kappa shape index (κ1) is 20.9. The summed E-state index contributed by atoms with van der Waals surface area (Å²) in [6, 6.07) is 21.3. The molecule has 5 heteroatoms. The maximum Gasteiger partial charge on any atom is 0.254 e. The Morgan fingerprint density at radius 3 is 2.45 bits per heavy atom. The number of hydrogen-bond donors (Lipinski definition) is 1. The molecular formula is C26H28N2O3. The number of piperidine rings is 1. The average Bonchev–Trinajstić information content (AvgIpc) is 2.83. The smallest absolute Gasteiger partial charge is 0.254 e. The Labute approximate surface area is 183 Å². The first-order valence-electron chi connectivity index (χ1n) is 10.8. The molecule has 0 bridgehead atoms. The lowest BCUT2D eigenvalue weighted by Gasteiger charge is -2.33. The van der Waals surface area contributed by atoms with E-state index in [0.717, 1.165) is 34.9 Å². The Bertz CT molecular complexity index is 1080. The molecule has 5 nitrogen and oxygen atoms in total. The zero-order chi connectivity index (χ0) is 21.8. The normalized spacial score (nSPS) is 17.2. The van der Waals surface area contributed by atoms with Crippen LogP contribution in [-0.2, 0) is 4.79 Å². The van der Waals surface area contributed by atoms with Crippen LogP contribution in [0.1, 0.15) is 41.7 Å². The molecule has 1 aliphatic rings. The number of nitrogens with one attached hydrogen (secondary N) is 1. The highest BCUT2D eigenvalue weighted by Crippen LogP contribution is 2.30. The molecule has 0 spiro atoms. The zero-order valence-electron chi connectivity index (χ0n) is 18.0. The number of amides is 2. The van der Waals surface area contributed by atoms with Crippen LogP contribution in [0.15, 0.2) is 66.7 Å². The van der Waals surface area contributed by atoms with Crippen LogP contribution in [0.2, 0.25) is 0 Å². The minimum Gasteiger partial charge on any atom is -0.496 e. The van der Waals surface area contributed by atoms with E-state index >= 15 is 0 Å². The summed E-state index contributed by atoms with van der Waals surface area (Å²) in [5.74, 6) is 0.521. The molecule has 2 amide bonds. The molecule has 3 aromatic carbocycles. The summed E-state index contributed by atoms with van der Waals surface area (Å²) in [4.78, 5) is 28.1. The fourth-order valence-corrected chi connectivity index (χ4v) is 4.34. The van der Waals surface area contributed by atoms with Crippen molar-refractivity contribution in [2.45, 2.75) is 25.8 Å². The monoisotopic (exact) mass is 416 g/mol. The number of rotatable bonds is 5. The Balaban J connectivity index is 1.49. The Hall–Kier alpha value is -3.34. The van der Waals surface area contributed by atoms with Crippen molar-refractivity contribution in [1.82, 2.24) is 10.2 Å². The average molecular weight is 417 g/mol. The molecule has 0 aromatic heterocycles. The second kappa shape index (κ2) is 9.21. The van der Waals surface area contributed by atoms with E-state index in [4.69, 9.17) is 4.74 Å². The Morgan fingerprint density at radius 1 is 1.00 bits per heavy atom. The van der Waals surface area contributed by atoms with E-state index in [1.54, 1.807) is 7.11 Å². The van der Waals surface area contributed by atoms with E-state index in [0.29, 0.717) is 18.7 Å². The highest BCUT2D eigenvalue weighted by Gasteiger charge is 2.30. The SMILES string of the molecule is COc1ccc(C(=O)N2CCC[C@H](C(=O)N[C@H](C)c3ccccc3)C2)c2ccccc12. The third-order valence-corrected chi connectivity index (χ3v) is 6.07. The minimum atomic E-state index is -0.201. The molecule has 2 atom stereocenters. The highest BCUT2D eigenvalue weighted by molar-refractivity contribution is 6.08. The summed E-state index contributed by atoms with van der Waals surface area (Å²) in [6.45, 7) is 3.09. The summed E-state index contributed by atoms with van der Waals surface area (Å²) < 4.78 is 5.45. The van der Waals surface area contributed by atoms with Gasteiger partial charge >= 0.3 is 0 Å². The third kappa shape index (κ3) is 4.41. The van der Waals surface area contributed by atoms with Gasteiger partial charge in [-0.25, -0.2) is 0 Å². The van der Waals surface area contributed by atoms with Gasteiger partial charge in [0.15, 0.2) is 0 Å². The molecular weight excluding hydrogens is 388 g/mol. The number of methoxy groups -OCH3 is 1. The molecule has 31 heavy (non-hydrogen) atoms. The number of ether oxygens (including phenoxy) is 1. The maximum absolute atomic E-state index is 13.4. The molecule has 160 valence electrons. The molecule has 1 saturated heterocycles. The molecule has 4 rings (SSSR count). The van der Waals surface area contributed by atoms with Crippen molar-refractivity contribution in [3.8, 4) is 5.75 Å². The Kier molecular flexibility index (Phi) is 6.21. The topological polar surface area (TPSA) is 58.6 Å². The van der Waals surface area contributed by atoms with Crippen LogP contribution in [-0.4, -0.2) is 36.9 Å². The van der Waals surface area contributed by atoms with Crippen LogP contribution in [0.3, 0.4) is 0 Å². The summed E-state index contributed by atoms with van der Waals surface area (Å²) in [6.07, 6.45) is 1.61. The van der Waals surface area contributed by atoms with Gasteiger partial charge in [-0.2, -0.15) is 0 Å². The molecule has 0 radical (unpaired) electrons. The van der Waals surface area contributed by atoms with E-state index in [1.165, 1.54) is 0 Å². The van der Waals surface area contributed by atoms with E-state index in [-0.39, 0.29) is 23.8 Å². The molecule has 1 N–H and O–H groups in total. The molecule has 3 aromatic rings. The second-order valence-corrected chi connectivity index (χ2v) is 8.09. The summed E-state index contributed by atoms with van der Waals surface area (Å²) in [7, 11) is 1.63. The quantitative estimate of drug-likeness (QED) is 0.662. The van der Waals surface area contributed by atoms with Gasteiger partial charge in [0.05, 0.1) is 19.1 Å². The van der Waals surface area contributed by atoms with E-state index < -0.39 is 0 Å². The second-order valence-electron chi connectivity index (χ2n) is 8.09. The standard InChI is InChI=1S/C26H28N2O3/c1-18(19-9-4-3-5-10-19)27-25(29)20-11-8-16-28(17-20)26(30)23-14-15-24(31-2)22-13-7-6-12-21(22)23/h3-7,9-10,12-15,18,20H,8,11,16-17H2,1-2H3,(H,27,29)/t18-,20+/m1/s1. The van der Waals surface area contributed by atoms with Crippen LogP contribution in [0.4, 0.5) is 0 Å². The van der Waals surface area contributed by atoms with Gasteiger partial charge in [0.25, 0.3) is 5.91 Å². The first-order chi connectivity index (χ1) is 15.1. The van der Waals surface area contributed by atoms with Crippen molar-refractivity contribution in [3.63, 3.8) is 0 Å². The van der Waals surface area contributed by atoms with Gasteiger partial charge in [-0.05, 0) is 42.8 Å². The van der Waals surface area contributed by atoms with Gasteiger partial charge in [-0.15, -0.1) is 0 Å². The van der Waals surface area contributed by atoms with Crippen LogP contribution < -0.4 is 10.1 Å². The van der Waals surface area contributed by atoms with Crippen molar-refractivity contribution in [2.75, 3.05) is 20.2 Å². The lowest BCUT2D eigenvalue weighted by Crippen LogP contribution is -2.45. The number of carbonyl (C=O) groups excluding carboxylic acids is 2. The summed E-state index contributed by atoms with van der Waals surface area (Å²) in [5, 5.41) is 4.90. The van der Waals surface area contributed by atoms with E-state index in [9.17, 15) is 9.59 Å². The minimum absolute atomic E-state index is 0.00782. The lowest BCUT2D eigenvalue weighted by atomic mass is 9.95. The zero-order valence-corrected chi connectivity index (χ0v) is 18.0. The van der Waals surface area contributed by atoms with Crippen molar-refractivity contribution in [1.29, 1.82) is 0 Å². The number of likely N-dealkylation sites (tertiary alicyclic amines) is 1. The molecule has 0 unspecified atom stereocenters. The van der Waals surface area contributed by atoms with Crippen LogP contribution in [0, 0.1) is 5.92 Å². The van der Waals surface area contributed by atoms with Crippen molar-refractivity contribution < 1.29 is 14.3 Å². The van der Waals surface area contributed by atoms with Crippen molar-refractivity contribution >= 4 is 22.6 Å². The van der Waals surface area contributed by atoms with Crippen LogP contribution in [0.5, 0.6) is 5.75 Å². The largest absolute Gasteiger partial charge is 0.496 e.